The Hall–Kier alpha value is -3.87. The second-order valence-electron chi connectivity index (χ2n) is 7.31. The Morgan fingerprint density at radius 3 is 2.31 bits per heavy atom. The molecule has 0 aliphatic rings. The Labute approximate surface area is 186 Å². The van der Waals surface area contributed by atoms with Crippen LogP contribution in [0.2, 0.25) is 0 Å². The summed E-state index contributed by atoms with van der Waals surface area (Å²) in [7, 11) is 0. The predicted octanol–water partition coefficient (Wildman–Crippen LogP) is 3.23. The minimum atomic E-state index is -0.907. The summed E-state index contributed by atoms with van der Waals surface area (Å²) in [6.45, 7) is 6.08. The number of H-pyrrole nitrogens is 1. The van der Waals surface area contributed by atoms with Gasteiger partial charge in [-0.15, -0.1) is 0 Å². The van der Waals surface area contributed by atoms with Gasteiger partial charge in [0.1, 0.15) is 5.56 Å². The molecule has 1 aromatic heterocycles. The molecular weight excluding hydrogens is 406 g/mol. The molecule has 7 heteroatoms. The Kier molecular flexibility index (Phi) is 7.44. The average Bonchev–Trinajstić information content (AvgIpc) is 2.79. The molecule has 3 rings (SSSR count). The highest BCUT2D eigenvalue weighted by Crippen LogP contribution is 2.17. The first-order valence-electron chi connectivity index (χ1n) is 10.6. The lowest BCUT2D eigenvalue weighted by Gasteiger charge is -2.20. The molecule has 0 atom stereocenters. The van der Waals surface area contributed by atoms with Crippen molar-refractivity contribution >= 4 is 17.5 Å². The predicted molar refractivity (Wildman–Crippen MR) is 127 cm³/mol. The highest BCUT2D eigenvalue weighted by Gasteiger charge is 2.19. The van der Waals surface area contributed by atoms with E-state index in [9.17, 15) is 19.5 Å². The van der Waals surface area contributed by atoms with Crippen LogP contribution >= 0.6 is 0 Å². The summed E-state index contributed by atoms with van der Waals surface area (Å²) >= 11 is 0. The molecule has 0 aliphatic heterocycles. The van der Waals surface area contributed by atoms with Crippen molar-refractivity contribution in [3.63, 3.8) is 0 Å². The van der Waals surface area contributed by atoms with Crippen molar-refractivity contribution in [3.05, 3.63) is 98.2 Å². The lowest BCUT2D eigenvalue weighted by atomic mass is 10.1. The van der Waals surface area contributed by atoms with Gasteiger partial charge in [0.05, 0.1) is 0 Å². The number of hydrogen-bond acceptors (Lipinski definition) is 5. The summed E-state index contributed by atoms with van der Waals surface area (Å²) in [4.78, 5) is 41.4. The van der Waals surface area contributed by atoms with Crippen molar-refractivity contribution < 1.29 is 9.90 Å². The molecule has 2 aromatic carbocycles. The highest BCUT2D eigenvalue weighted by molar-refractivity contribution is 6.08. The SMILES string of the molecule is CCN(CC)c1ccc(/C=C/C(=O)c2c(O)n(CCc3ccccc3)c(=O)[nH]c2=O)cc1. The molecule has 3 aromatic rings. The van der Waals surface area contributed by atoms with Gasteiger partial charge in [-0.25, -0.2) is 4.79 Å². The Balaban J connectivity index is 1.81. The normalized spacial score (nSPS) is 11.1. The van der Waals surface area contributed by atoms with Crippen LogP contribution < -0.4 is 16.1 Å². The van der Waals surface area contributed by atoms with Crippen molar-refractivity contribution in [2.75, 3.05) is 18.0 Å². The van der Waals surface area contributed by atoms with E-state index < -0.39 is 28.5 Å². The van der Waals surface area contributed by atoms with Gasteiger partial charge in [0.25, 0.3) is 5.56 Å². The fourth-order valence-corrected chi connectivity index (χ4v) is 3.52. The van der Waals surface area contributed by atoms with Gasteiger partial charge in [0.2, 0.25) is 5.88 Å². The van der Waals surface area contributed by atoms with Gasteiger partial charge in [0.15, 0.2) is 5.78 Å². The summed E-state index contributed by atoms with van der Waals surface area (Å²) in [5.41, 5.74) is 0.714. The molecular formula is C25H27N3O4. The number of carbonyl (C=O) groups excluding carboxylic acids is 1. The number of benzene rings is 2. The maximum absolute atomic E-state index is 12.7. The van der Waals surface area contributed by atoms with E-state index in [0.29, 0.717) is 6.42 Å². The summed E-state index contributed by atoms with van der Waals surface area (Å²) in [5.74, 6) is -1.30. The zero-order chi connectivity index (χ0) is 23.1. The molecule has 0 bridgehead atoms. The number of aromatic amines is 1. The van der Waals surface area contributed by atoms with Crippen LogP contribution in [0, 0.1) is 0 Å². The van der Waals surface area contributed by atoms with Crippen LogP contribution in [0.1, 0.15) is 35.3 Å². The smallest absolute Gasteiger partial charge is 0.331 e. The number of carbonyl (C=O) groups is 1. The van der Waals surface area contributed by atoms with E-state index in [1.165, 1.54) is 6.08 Å². The number of aromatic nitrogens is 2. The third-order valence-electron chi connectivity index (χ3n) is 5.33. The topological polar surface area (TPSA) is 95.4 Å². The molecule has 2 N–H and O–H groups in total. The van der Waals surface area contributed by atoms with Crippen LogP contribution in [0.4, 0.5) is 5.69 Å². The van der Waals surface area contributed by atoms with Crippen LogP contribution in [0.15, 0.2) is 70.3 Å². The summed E-state index contributed by atoms with van der Waals surface area (Å²) in [6.07, 6.45) is 3.26. The Bertz CT molecular complexity index is 1200. The van der Waals surface area contributed by atoms with E-state index in [2.05, 4.69) is 23.7 Å². The molecule has 0 unspecified atom stereocenters. The first kappa shape index (κ1) is 22.8. The lowest BCUT2D eigenvalue weighted by molar-refractivity contribution is 0.104. The molecule has 1 heterocycles. The van der Waals surface area contributed by atoms with Crippen molar-refractivity contribution in [1.29, 1.82) is 0 Å². The number of nitrogens with one attached hydrogen (secondary N) is 1. The van der Waals surface area contributed by atoms with Gasteiger partial charge in [-0.2, -0.15) is 0 Å². The fourth-order valence-electron chi connectivity index (χ4n) is 3.52. The summed E-state index contributed by atoms with van der Waals surface area (Å²) < 4.78 is 1.01. The third-order valence-corrected chi connectivity index (χ3v) is 5.33. The second-order valence-corrected chi connectivity index (χ2v) is 7.31. The molecule has 0 radical (unpaired) electrons. The Morgan fingerprint density at radius 2 is 1.69 bits per heavy atom. The minimum Gasteiger partial charge on any atom is -0.494 e. The Morgan fingerprint density at radius 1 is 1.03 bits per heavy atom. The monoisotopic (exact) mass is 433 g/mol. The van der Waals surface area contributed by atoms with Gasteiger partial charge in [-0.05, 0) is 49.6 Å². The molecule has 0 spiro atoms. The van der Waals surface area contributed by atoms with Gasteiger partial charge < -0.3 is 10.0 Å². The number of hydrogen-bond donors (Lipinski definition) is 2. The summed E-state index contributed by atoms with van der Waals surface area (Å²) in [5, 5.41) is 10.5. The van der Waals surface area contributed by atoms with Crippen LogP contribution in [0.3, 0.4) is 0 Å². The molecule has 0 aliphatic carbocycles. The third kappa shape index (κ3) is 5.24. The van der Waals surface area contributed by atoms with Crippen molar-refractivity contribution in [2.45, 2.75) is 26.8 Å². The first-order chi connectivity index (χ1) is 15.4. The molecule has 0 amide bonds. The van der Waals surface area contributed by atoms with E-state index in [1.807, 2.05) is 54.6 Å². The van der Waals surface area contributed by atoms with Crippen LogP contribution in [0.5, 0.6) is 5.88 Å². The van der Waals surface area contributed by atoms with Gasteiger partial charge in [-0.1, -0.05) is 48.5 Å². The van der Waals surface area contributed by atoms with Gasteiger partial charge >= 0.3 is 5.69 Å². The molecule has 7 nitrogen and oxygen atoms in total. The largest absolute Gasteiger partial charge is 0.494 e. The van der Waals surface area contributed by atoms with Gasteiger partial charge in [0, 0.05) is 25.3 Å². The number of allylic oxidation sites excluding steroid dienone is 1. The number of rotatable bonds is 9. The number of aromatic hydroxyl groups is 1. The maximum atomic E-state index is 12.7. The average molecular weight is 434 g/mol. The fraction of sp³-hybridized carbons (Fsp3) is 0.240. The van der Waals surface area contributed by atoms with Crippen molar-refractivity contribution in [1.82, 2.24) is 9.55 Å². The molecule has 0 fully saturated rings. The lowest BCUT2D eigenvalue weighted by Crippen LogP contribution is -2.34. The number of aryl methyl sites for hydroxylation is 1. The standard InChI is InChI=1S/C25H27N3O4/c1-3-27(4-2)20-13-10-19(11-14-20)12-15-21(29)22-23(30)26-25(32)28(24(22)31)17-16-18-8-6-5-7-9-18/h5-15,31H,3-4,16-17H2,1-2H3,(H,26,30,32)/b15-12+. The molecule has 0 saturated carbocycles. The van der Waals surface area contributed by atoms with Crippen LogP contribution in [0.25, 0.3) is 6.08 Å². The van der Waals surface area contributed by atoms with E-state index in [-0.39, 0.29) is 6.54 Å². The van der Waals surface area contributed by atoms with E-state index >= 15 is 0 Å². The second kappa shape index (κ2) is 10.4. The molecule has 32 heavy (non-hydrogen) atoms. The first-order valence-corrected chi connectivity index (χ1v) is 10.6. The highest BCUT2D eigenvalue weighted by atomic mass is 16.3. The quantitative estimate of drug-likeness (QED) is 0.399. The van der Waals surface area contributed by atoms with Crippen molar-refractivity contribution in [3.8, 4) is 5.88 Å². The maximum Gasteiger partial charge on any atom is 0.331 e. The number of ketones is 1. The zero-order valence-electron chi connectivity index (χ0n) is 18.2. The van der Waals surface area contributed by atoms with Gasteiger partial charge in [-0.3, -0.25) is 19.1 Å². The van der Waals surface area contributed by atoms with Crippen LogP contribution in [-0.2, 0) is 13.0 Å². The minimum absolute atomic E-state index is 0.127. The number of nitrogens with zero attached hydrogens (tertiary/aromatic N) is 2. The van der Waals surface area contributed by atoms with E-state index in [0.717, 1.165) is 34.5 Å². The van der Waals surface area contributed by atoms with E-state index in [4.69, 9.17) is 0 Å². The molecule has 0 saturated heterocycles. The van der Waals surface area contributed by atoms with Crippen LogP contribution in [-0.4, -0.2) is 33.5 Å². The summed E-state index contributed by atoms with van der Waals surface area (Å²) in [6, 6.07) is 17.1. The number of anilines is 1. The van der Waals surface area contributed by atoms with E-state index in [1.54, 1.807) is 6.08 Å². The zero-order valence-corrected chi connectivity index (χ0v) is 18.2. The van der Waals surface area contributed by atoms with Crippen molar-refractivity contribution in [2.24, 2.45) is 0 Å². The molecule has 166 valence electrons.